The smallest absolute Gasteiger partial charge is 0.326 e. The van der Waals surface area contributed by atoms with Crippen LogP contribution in [0.25, 0.3) is 291 Å². The van der Waals surface area contributed by atoms with Crippen LogP contribution in [0.1, 0.15) is 22.3 Å². The molecule has 2 spiro atoms. The van der Waals surface area contributed by atoms with Crippen molar-refractivity contribution in [2.24, 2.45) is 5.41 Å². The normalized spacial score (nSPS) is 22.1. The number of carbonyl (C=O) groups excluding carboxylic acids is 2. The highest BCUT2D eigenvalue weighted by molar-refractivity contribution is 6.82. The molecular weight excluding hydrogens is 925 g/mol. The molecule has 28 aromatic rings. The highest BCUT2D eigenvalue weighted by Crippen LogP contribution is 2.97. The van der Waals surface area contributed by atoms with E-state index in [1.54, 1.807) is 62.7 Å². The number of methoxy groups -OCH3 is 2. The van der Waals surface area contributed by atoms with Crippen LogP contribution in [0.3, 0.4) is 0 Å². The standard InChI is InChI=1S/C69H14O6/c1-72-3-5-74-65(70)69(66(71)75-6-4-73-2)67-61-54-47-35-27-18-9-7-8-10-13(9)22-29(27)37-38-30(22)28-19(10)21-17-12(8)15-14-11(7)16-20(18)33(35)41-39-25(16)23(14)31-32-24(15)26(17)40-42-34(21)36(28)48-50(38)59(58(61)49(37)47)62-55(48)53(42)57-46(40)44(32)51-43(31)45(39)56(52(41)54)63(67)60(51)64(57)68(62,67)69/h3-6H2,1-2H3. The Morgan fingerprint density at radius 3 is 0.573 bits per heavy atom. The van der Waals surface area contributed by atoms with Crippen LogP contribution in [0.2, 0.25) is 0 Å². The van der Waals surface area contributed by atoms with E-state index in [-0.39, 0.29) is 26.4 Å². The van der Waals surface area contributed by atoms with E-state index in [0.29, 0.717) is 0 Å². The van der Waals surface area contributed by atoms with Gasteiger partial charge in [0.1, 0.15) is 13.2 Å². The fourth-order valence-corrected chi connectivity index (χ4v) is 25.9. The molecule has 6 nitrogen and oxygen atoms in total. The van der Waals surface area contributed by atoms with Crippen molar-refractivity contribution in [1.82, 2.24) is 0 Å². The third kappa shape index (κ3) is 1.62. The Hall–Kier alpha value is -8.68. The van der Waals surface area contributed by atoms with Gasteiger partial charge in [-0.3, -0.25) is 9.59 Å². The first-order valence-electron chi connectivity index (χ1n) is 27.3. The zero-order chi connectivity index (χ0) is 45.8. The van der Waals surface area contributed by atoms with Crippen LogP contribution in [-0.4, -0.2) is 52.6 Å². The van der Waals surface area contributed by atoms with E-state index in [4.69, 9.17) is 18.9 Å². The molecule has 28 aromatic carbocycles. The topological polar surface area (TPSA) is 71.1 Å². The summed E-state index contributed by atoms with van der Waals surface area (Å²) in [6.07, 6.45) is 0. The third-order valence-electron chi connectivity index (χ3n) is 26.0. The predicted molar refractivity (Wildman–Crippen MR) is 302 cm³/mol. The van der Waals surface area contributed by atoms with Gasteiger partial charge in [-0.05, 0) is 313 Å². The molecule has 0 aromatic heterocycles. The maximum absolute atomic E-state index is 16.9. The zero-order valence-electron chi connectivity index (χ0n) is 38.8. The summed E-state index contributed by atoms with van der Waals surface area (Å²) in [6, 6.07) is 0. The molecule has 75 heavy (non-hydrogen) atoms. The van der Waals surface area contributed by atoms with Crippen LogP contribution in [-0.2, 0) is 39.4 Å². The minimum atomic E-state index is -1.76. The van der Waals surface area contributed by atoms with Crippen molar-refractivity contribution in [3.8, 4) is 0 Å². The van der Waals surface area contributed by atoms with Gasteiger partial charge < -0.3 is 18.9 Å². The van der Waals surface area contributed by atoms with Gasteiger partial charge in [0.2, 0.25) is 0 Å². The summed E-state index contributed by atoms with van der Waals surface area (Å²) in [4.78, 5) is 33.8. The lowest BCUT2D eigenvalue weighted by atomic mass is 9.69. The molecule has 2 atom stereocenters. The summed E-state index contributed by atoms with van der Waals surface area (Å²) in [6.45, 7) is 0.568. The molecule has 6 heteroatoms. The summed E-state index contributed by atoms with van der Waals surface area (Å²) in [7, 11) is 3.31. The summed E-state index contributed by atoms with van der Waals surface area (Å²) in [5.74, 6) is -0.922. The first kappa shape index (κ1) is 29.9. The Bertz CT molecular complexity index is 7130. The fraction of sp³-hybridized carbons (Fsp3) is 0.130. The van der Waals surface area contributed by atoms with Crippen molar-refractivity contribution >= 4 is 303 Å². The maximum Gasteiger partial charge on any atom is 0.326 e. The number of benzene rings is 17. The Balaban J connectivity index is 1.10. The molecule has 0 aliphatic heterocycles. The highest BCUT2D eigenvalue weighted by atomic mass is 16.6. The average Bonchev–Trinajstić information content (AvgIpc) is 2.04. The van der Waals surface area contributed by atoms with Gasteiger partial charge >= 0.3 is 11.9 Å². The number of hydrogen-bond donors (Lipinski definition) is 0. The molecule has 33 rings (SSSR count). The van der Waals surface area contributed by atoms with Gasteiger partial charge in [0.15, 0.2) is 5.41 Å². The average molecular weight is 939 g/mol. The SMILES string of the molecule is COCCOC(=O)C1(C(=O)OCCOC)C23c4c5c6c7c8c9c(c%10c%11c2c2c%12c4c4c%13c5c5c7c7c8c8c%14c9c%10c9c%10c%11c2c2c%11c%12c4c4c%12c%13c5c5c7c7c8c8c%14c9c9c%10c2c2c%11c4c4c%12c5c7c5c8c9c2c45)C613. The maximum atomic E-state index is 16.9. The quantitative estimate of drug-likeness (QED) is 0.0654. The number of rotatable bonds is 8. The second-order valence-electron chi connectivity index (χ2n) is 26.3. The first-order chi connectivity index (χ1) is 37.2. The van der Waals surface area contributed by atoms with Crippen LogP contribution in [0.15, 0.2) is 0 Å². The number of hydrogen-bond acceptors (Lipinski definition) is 6. The van der Waals surface area contributed by atoms with Crippen molar-refractivity contribution in [3.05, 3.63) is 22.3 Å². The van der Waals surface area contributed by atoms with Gasteiger partial charge in [0.25, 0.3) is 0 Å². The lowest BCUT2D eigenvalue weighted by Crippen LogP contribution is -2.41. The largest absolute Gasteiger partial charge is 0.462 e. The zero-order valence-corrected chi connectivity index (χ0v) is 38.8. The van der Waals surface area contributed by atoms with E-state index >= 15 is 9.59 Å². The fourth-order valence-electron chi connectivity index (χ4n) is 25.9. The summed E-state index contributed by atoms with van der Waals surface area (Å²) >= 11 is 0. The molecule has 0 amide bonds. The Morgan fingerprint density at radius 2 is 0.373 bits per heavy atom. The van der Waals surface area contributed by atoms with Crippen LogP contribution in [0, 0.1) is 5.41 Å². The summed E-state index contributed by atoms with van der Waals surface area (Å²) in [5, 5.41) is 79.1. The van der Waals surface area contributed by atoms with E-state index < -0.39 is 28.2 Å². The van der Waals surface area contributed by atoms with E-state index in [9.17, 15) is 0 Å². The molecule has 5 aliphatic carbocycles. The lowest BCUT2D eigenvalue weighted by molar-refractivity contribution is -0.168. The van der Waals surface area contributed by atoms with E-state index in [2.05, 4.69) is 0 Å². The molecule has 0 heterocycles. The minimum absolute atomic E-state index is 0.0497. The number of carbonyl (C=O) groups is 2. The van der Waals surface area contributed by atoms with Crippen molar-refractivity contribution in [2.45, 2.75) is 10.8 Å². The molecule has 5 aliphatic rings. The summed E-state index contributed by atoms with van der Waals surface area (Å²) < 4.78 is 24.9. The molecule has 326 valence electrons. The highest BCUT2D eigenvalue weighted by Gasteiger charge is 3.02. The number of esters is 2. The lowest BCUT2D eigenvalue weighted by Gasteiger charge is -2.30. The second kappa shape index (κ2) is 6.94. The van der Waals surface area contributed by atoms with E-state index in [0.717, 1.165) is 0 Å². The van der Waals surface area contributed by atoms with Crippen molar-refractivity contribution < 1.29 is 28.5 Å². The number of ether oxygens (including phenoxy) is 4. The molecule has 0 saturated heterocycles. The van der Waals surface area contributed by atoms with E-state index in [1.165, 1.54) is 265 Å². The van der Waals surface area contributed by atoms with Gasteiger partial charge in [-0.2, -0.15) is 0 Å². The molecular formula is C69H14O6. The van der Waals surface area contributed by atoms with Crippen molar-refractivity contribution in [2.75, 3.05) is 40.6 Å². The van der Waals surface area contributed by atoms with Crippen molar-refractivity contribution in [1.29, 1.82) is 0 Å². The first-order valence-corrected chi connectivity index (χ1v) is 27.3. The minimum Gasteiger partial charge on any atom is -0.462 e. The molecule has 2 unspecified atom stereocenters. The third-order valence-corrected chi connectivity index (χ3v) is 26.0. The monoisotopic (exact) mass is 938 g/mol. The Kier molecular flexibility index (Phi) is 2.76. The van der Waals surface area contributed by atoms with Gasteiger partial charge in [-0.25, -0.2) is 0 Å². The summed E-state index contributed by atoms with van der Waals surface area (Å²) in [5.41, 5.74) is 0.948. The van der Waals surface area contributed by atoms with Gasteiger partial charge in [-0.1, -0.05) is 0 Å². The van der Waals surface area contributed by atoms with Gasteiger partial charge in [0.05, 0.1) is 24.0 Å². The van der Waals surface area contributed by atoms with Gasteiger partial charge in [-0.15, -0.1) is 0 Å². The van der Waals surface area contributed by atoms with Crippen molar-refractivity contribution in [3.63, 3.8) is 0 Å². The molecule has 1 fully saturated rings. The van der Waals surface area contributed by atoms with Gasteiger partial charge in [0, 0.05) is 14.2 Å². The van der Waals surface area contributed by atoms with Crippen LogP contribution in [0.5, 0.6) is 0 Å². The molecule has 0 N–H and O–H groups in total. The second-order valence-corrected chi connectivity index (χ2v) is 26.3. The van der Waals surface area contributed by atoms with Crippen LogP contribution < -0.4 is 0 Å². The predicted octanol–water partition coefficient (Wildman–Crippen LogP) is 15.7. The Morgan fingerprint density at radius 1 is 0.227 bits per heavy atom. The molecule has 0 bridgehead atoms. The Labute approximate surface area is 408 Å². The molecule has 0 radical (unpaired) electrons. The van der Waals surface area contributed by atoms with Crippen LogP contribution >= 0.6 is 0 Å². The van der Waals surface area contributed by atoms with E-state index in [1.807, 2.05) is 0 Å². The van der Waals surface area contributed by atoms with Crippen LogP contribution in [0.4, 0.5) is 0 Å². The molecule has 1 saturated carbocycles.